The molecule has 2 N–H and O–H groups in total. The first kappa shape index (κ1) is 15.4. The number of nitrogens with zero attached hydrogens (tertiary/aromatic N) is 1. The Bertz CT molecular complexity index is 470. The Labute approximate surface area is 117 Å². The van der Waals surface area contributed by atoms with Crippen LogP contribution < -0.4 is 5.73 Å². The van der Waals surface area contributed by atoms with Gasteiger partial charge in [-0.15, -0.1) is 12.6 Å². The Balaban J connectivity index is 2.53. The molecule has 1 aliphatic heterocycles. The third kappa shape index (κ3) is 1.82. The van der Waals surface area contributed by atoms with Crippen LogP contribution in [0.2, 0.25) is 0 Å². The van der Waals surface area contributed by atoms with Crippen LogP contribution >= 0.6 is 12.6 Å². The van der Waals surface area contributed by atoms with Gasteiger partial charge in [-0.3, -0.25) is 0 Å². The summed E-state index contributed by atoms with van der Waals surface area (Å²) in [6, 6.07) is -2.86. The van der Waals surface area contributed by atoms with Crippen molar-refractivity contribution >= 4 is 18.7 Å². The first-order chi connectivity index (χ1) is 9.05. The van der Waals surface area contributed by atoms with E-state index in [-0.39, 0.29) is 19.4 Å². The number of likely N-dealkylation sites (tertiary alicyclic amines) is 1. The number of hydrogen-bond donors (Lipinski definition) is 2. The minimum Gasteiger partial charge on any atom is -0.351 e. The number of nitrogens with two attached hydrogens (primary N) is 1. The summed E-state index contributed by atoms with van der Waals surface area (Å²) in [5.74, 6) is -9.51. The summed E-state index contributed by atoms with van der Waals surface area (Å²) < 4.78 is 69.7. The lowest BCUT2D eigenvalue weighted by atomic mass is 9.79. The van der Waals surface area contributed by atoms with Crippen LogP contribution in [0.25, 0.3) is 0 Å². The molecule has 0 aromatic heterocycles. The molecule has 0 spiro atoms. The number of carbonyl (C=O) groups is 1. The van der Waals surface area contributed by atoms with Crippen LogP contribution in [0.4, 0.5) is 26.7 Å². The van der Waals surface area contributed by atoms with E-state index in [2.05, 4.69) is 12.6 Å². The summed E-state index contributed by atoms with van der Waals surface area (Å²) in [5.41, 5.74) is 1.27. The summed E-state index contributed by atoms with van der Waals surface area (Å²) in [6.45, 7) is -0.0472. The number of rotatable bonds is 1. The number of urea groups is 1. The number of amides is 2. The third-order valence-corrected chi connectivity index (χ3v) is 4.34. The van der Waals surface area contributed by atoms with Gasteiger partial charge in [0.15, 0.2) is 0 Å². The minimum atomic E-state index is -4.96. The summed E-state index contributed by atoms with van der Waals surface area (Å²) in [4.78, 5) is 11.1. The highest BCUT2D eigenvalue weighted by atomic mass is 32.1. The topological polar surface area (TPSA) is 46.3 Å². The molecule has 2 unspecified atom stereocenters. The Morgan fingerprint density at radius 3 is 2.50 bits per heavy atom. The van der Waals surface area contributed by atoms with Gasteiger partial charge in [0.05, 0.1) is 6.04 Å². The Hall–Kier alpha value is -0.990. The predicted octanol–water partition coefficient (Wildman–Crippen LogP) is 2.73. The molecule has 1 saturated heterocycles. The van der Waals surface area contributed by atoms with Gasteiger partial charge in [-0.25, -0.2) is 9.18 Å². The maximum absolute atomic E-state index is 14.9. The van der Waals surface area contributed by atoms with E-state index in [0.29, 0.717) is 11.0 Å². The van der Waals surface area contributed by atoms with E-state index in [4.69, 9.17) is 5.73 Å². The summed E-state index contributed by atoms with van der Waals surface area (Å²) in [5, 5.41) is 0. The molecule has 2 atom stereocenters. The zero-order valence-electron chi connectivity index (χ0n) is 10.3. The molecule has 20 heavy (non-hydrogen) atoms. The highest BCUT2D eigenvalue weighted by molar-refractivity contribution is 7.84. The Morgan fingerprint density at radius 1 is 1.35 bits per heavy atom. The molecule has 9 heteroatoms. The fraction of sp³-hybridized carbons (Fsp3) is 0.727. The third-order valence-electron chi connectivity index (χ3n) is 3.84. The lowest BCUT2D eigenvalue weighted by Crippen LogP contribution is -2.67. The fourth-order valence-corrected chi connectivity index (χ4v) is 3.13. The number of thiol groups is 1. The molecule has 114 valence electrons. The second kappa shape index (κ2) is 4.51. The van der Waals surface area contributed by atoms with Gasteiger partial charge >= 0.3 is 17.9 Å². The molecule has 2 aliphatic rings. The normalized spacial score (nSPS) is 35.8. The van der Waals surface area contributed by atoms with Crippen molar-refractivity contribution in [1.82, 2.24) is 4.90 Å². The van der Waals surface area contributed by atoms with Crippen molar-refractivity contribution in [3.8, 4) is 0 Å². The molecular formula is C11H13F5N2OS. The van der Waals surface area contributed by atoms with Crippen molar-refractivity contribution in [2.75, 3.05) is 6.54 Å². The molecule has 0 saturated carbocycles. The van der Waals surface area contributed by atoms with Crippen LogP contribution in [0.1, 0.15) is 19.3 Å². The number of alkyl halides is 5. The van der Waals surface area contributed by atoms with E-state index in [1.165, 1.54) is 0 Å². The van der Waals surface area contributed by atoms with Crippen LogP contribution in [0.5, 0.6) is 0 Å². The van der Waals surface area contributed by atoms with Gasteiger partial charge in [0.25, 0.3) is 0 Å². The Kier molecular flexibility index (Phi) is 3.47. The van der Waals surface area contributed by atoms with Crippen LogP contribution in [-0.4, -0.2) is 41.0 Å². The average molecular weight is 316 g/mol. The SMILES string of the molecule is NC(=O)N1CCCC1C1(F)C(S)=CCC(F)(F)C1(F)F. The molecule has 1 fully saturated rings. The lowest BCUT2D eigenvalue weighted by Gasteiger charge is -2.46. The van der Waals surface area contributed by atoms with Crippen LogP contribution in [0.15, 0.2) is 11.0 Å². The summed E-state index contributed by atoms with van der Waals surface area (Å²) in [6.07, 6.45) is -0.628. The average Bonchev–Trinajstić information content (AvgIpc) is 2.82. The van der Waals surface area contributed by atoms with E-state index in [1.54, 1.807) is 0 Å². The van der Waals surface area contributed by atoms with Crippen LogP contribution in [0, 0.1) is 0 Å². The second-order valence-corrected chi connectivity index (χ2v) is 5.46. The molecule has 1 heterocycles. The number of hydrogen-bond acceptors (Lipinski definition) is 2. The number of primary amides is 1. The van der Waals surface area contributed by atoms with E-state index < -0.39 is 40.9 Å². The number of carbonyl (C=O) groups excluding carboxylic acids is 1. The monoisotopic (exact) mass is 316 g/mol. The van der Waals surface area contributed by atoms with Gasteiger partial charge in [-0.2, -0.15) is 17.6 Å². The molecule has 2 amide bonds. The van der Waals surface area contributed by atoms with Gasteiger partial charge in [-0.1, -0.05) is 6.08 Å². The highest BCUT2D eigenvalue weighted by Gasteiger charge is 2.75. The predicted molar refractivity (Wildman–Crippen MR) is 64.7 cm³/mol. The van der Waals surface area contributed by atoms with Gasteiger partial charge in [0.1, 0.15) is 0 Å². The smallest absolute Gasteiger partial charge is 0.350 e. The number of halogens is 5. The Morgan fingerprint density at radius 2 is 1.95 bits per heavy atom. The van der Waals surface area contributed by atoms with E-state index >= 15 is 0 Å². The fourth-order valence-electron chi connectivity index (χ4n) is 2.75. The maximum Gasteiger partial charge on any atom is 0.350 e. The first-order valence-corrected chi connectivity index (χ1v) is 6.40. The van der Waals surface area contributed by atoms with E-state index in [1.807, 2.05) is 0 Å². The summed E-state index contributed by atoms with van der Waals surface area (Å²) in [7, 11) is 0. The molecule has 3 nitrogen and oxygen atoms in total. The quantitative estimate of drug-likeness (QED) is 0.567. The summed E-state index contributed by atoms with van der Waals surface area (Å²) >= 11 is 3.61. The van der Waals surface area contributed by atoms with Crippen LogP contribution in [0.3, 0.4) is 0 Å². The van der Waals surface area contributed by atoms with Crippen molar-refractivity contribution in [3.63, 3.8) is 0 Å². The number of allylic oxidation sites excluding steroid dienone is 1. The molecule has 0 aromatic rings. The molecule has 0 bridgehead atoms. The standard InChI is InChI=1S/C11H13F5N2OS/c12-9(13)4-3-7(20)10(14,11(9,15)16)6-2-1-5-18(6)8(17)19/h3,6,20H,1-2,4-5H2,(H2,17,19). The van der Waals surface area contributed by atoms with Crippen molar-refractivity contribution in [2.24, 2.45) is 5.73 Å². The molecule has 0 radical (unpaired) electrons. The zero-order chi connectivity index (χ0) is 15.3. The van der Waals surface area contributed by atoms with Crippen molar-refractivity contribution in [3.05, 3.63) is 11.0 Å². The van der Waals surface area contributed by atoms with E-state index in [0.717, 1.165) is 0 Å². The minimum absolute atomic E-state index is 0.0472. The second-order valence-electron chi connectivity index (χ2n) is 4.97. The lowest BCUT2D eigenvalue weighted by molar-refractivity contribution is -0.273. The van der Waals surface area contributed by atoms with Crippen molar-refractivity contribution in [1.29, 1.82) is 0 Å². The van der Waals surface area contributed by atoms with Gasteiger partial charge in [-0.05, 0) is 12.8 Å². The maximum atomic E-state index is 14.9. The molecule has 0 aromatic carbocycles. The van der Waals surface area contributed by atoms with Crippen molar-refractivity contribution < 1.29 is 26.7 Å². The molecular weight excluding hydrogens is 303 g/mol. The van der Waals surface area contributed by atoms with Gasteiger partial charge < -0.3 is 10.6 Å². The van der Waals surface area contributed by atoms with Crippen molar-refractivity contribution in [2.45, 2.75) is 42.8 Å². The zero-order valence-corrected chi connectivity index (χ0v) is 11.1. The van der Waals surface area contributed by atoms with Gasteiger partial charge in [0, 0.05) is 17.9 Å². The van der Waals surface area contributed by atoms with E-state index in [9.17, 15) is 26.7 Å². The first-order valence-electron chi connectivity index (χ1n) is 5.96. The van der Waals surface area contributed by atoms with Crippen LogP contribution in [-0.2, 0) is 0 Å². The molecule has 2 rings (SSSR count). The largest absolute Gasteiger partial charge is 0.351 e. The highest BCUT2D eigenvalue weighted by Crippen LogP contribution is 2.57. The molecule has 1 aliphatic carbocycles. The van der Waals surface area contributed by atoms with Gasteiger partial charge in [0.2, 0.25) is 5.67 Å².